The topological polar surface area (TPSA) is 29.5 Å². The molecule has 4 aliphatic carbocycles. The summed E-state index contributed by atoms with van der Waals surface area (Å²) in [5, 5.41) is 10.8. The fourth-order valence-electron chi connectivity index (χ4n) is 9.26. The molecule has 0 unspecified atom stereocenters. The Hall–Kier alpha value is -0.123. The summed E-state index contributed by atoms with van der Waals surface area (Å²) in [6, 6.07) is 0. The van der Waals surface area contributed by atoms with Crippen LogP contribution in [-0.2, 0) is 4.43 Å². The van der Waals surface area contributed by atoms with Crippen molar-refractivity contribution < 1.29 is 9.53 Å². The first kappa shape index (κ1) is 28.9. The summed E-state index contributed by atoms with van der Waals surface area (Å²) in [6.45, 7) is 24.6. The van der Waals surface area contributed by atoms with Crippen LogP contribution in [-0.4, -0.2) is 25.6 Å². The highest BCUT2D eigenvalue weighted by Gasteiger charge is 2.62. The fraction of sp³-hybridized carbons (Fsp3) is 0.939. The average Bonchev–Trinajstić information content (AvgIpc) is 3.10. The molecule has 36 heavy (non-hydrogen) atoms. The van der Waals surface area contributed by atoms with Crippen molar-refractivity contribution in [2.45, 2.75) is 150 Å². The van der Waals surface area contributed by atoms with Crippen LogP contribution in [0.5, 0.6) is 0 Å². The molecule has 0 saturated heterocycles. The SMILES string of the molecule is CC(C)CCC[C@@H](C)[C@H]1CC[C@H]2[C@@H]3[C@H](O[Si](C)(C)C(C)(C)C)C=C4C[C@@H](O)CC[C@]4(C)[C@H]3CC[C@]12C. The summed E-state index contributed by atoms with van der Waals surface area (Å²) in [5.41, 5.74) is 2.26. The minimum Gasteiger partial charge on any atom is -0.410 e. The van der Waals surface area contributed by atoms with Gasteiger partial charge in [0, 0.05) is 0 Å². The van der Waals surface area contributed by atoms with Gasteiger partial charge >= 0.3 is 0 Å². The molecule has 0 amide bonds. The minimum atomic E-state index is -1.91. The van der Waals surface area contributed by atoms with Gasteiger partial charge in [-0.3, -0.25) is 0 Å². The maximum atomic E-state index is 10.6. The molecule has 0 spiro atoms. The van der Waals surface area contributed by atoms with Crippen molar-refractivity contribution in [2.24, 2.45) is 46.3 Å². The van der Waals surface area contributed by atoms with Crippen molar-refractivity contribution in [1.29, 1.82) is 0 Å². The molecule has 0 aliphatic heterocycles. The summed E-state index contributed by atoms with van der Waals surface area (Å²) in [5.74, 6) is 4.68. The van der Waals surface area contributed by atoms with E-state index in [1.165, 1.54) is 50.5 Å². The Morgan fingerprint density at radius 3 is 2.33 bits per heavy atom. The van der Waals surface area contributed by atoms with Crippen molar-refractivity contribution >= 4 is 8.32 Å². The highest BCUT2D eigenvalue weighted by atomic mass is 28.4. The van der Waals surface area contributed by atoms with E-state index in [0.717, 1.165) is 42.9 Å². The number of rotatable bonds is 7. The number of hydrogen-bond acceptors (Lipinski definition) is 2. The first-order valence-electron chi connectivity index (χ1n) is 15.7. The Kier molecular flexibility index (Phi) is 8.12. The molecule has 0 radical (unpaired) electrons. The lowest BCUT2D eigenvalue weighted by molar-refractivity contribution is -0.0938. The number of aliphatic hydroxyl groups is 1. The van der Waals surface area contributed by atoms with Gasteiger partial charge in [0.15, 0.2) is 8.32 Å². The zero-order chi connectivity index (χ0) is 26.7. The molecule has 4 aliphatic rings. The summed E-state index contributed by atoms with van der Waals surface area (Å²) in [4.78, 5) is 0. The van der Waals surface area contributed by atoms with Gasteiger partial charge in [0.1, 0.15) is 0 Å². The molecule has 0 aromatic heterocycles. The molecular formula is C33H60O2Si. The molecule has 9 atom stereocenters. The van der Waals surface area contributed by atoms with Crippen LogP contribution in [0.2, 0.25) is 18.1 Å². The van der Waals surface area contributed by atoms with E-state index in [1.807, 2.05) is 0 Å². The zero-order valence-corrected chi connectivity index (χ0v) is 26.6. The van der Waals surface area contributed by atoms with Gasteiger partial charge in [0.25, 0.3) is 0 Å². The summed E-state index contributed by atoms with van der Waals surface area (Å²) < 4.78 is 7.36. The van der Waals surface area contributed by atoms with Crippen LogP contribution in [0.15, 0.2) is 11.6 Å². The third-order valence-electron chi connectivity index (χ3n) is 12.5. The van der Waals surface area contributed by atoms with Gasteiger partial charge in [0.2, 0.25) is 0 Å². The van der Waals surface area contributed by atoms with E-state index in [2.05, 4.69) is 74.6 Å². The molecule has 4 rings (SSSR count). The molecule has 208 valence electrons. The van der Waals surface area contributed by atoms with E-state index in [4.69, 9.17) is 4.43 Å². The minimum absolute atomic E-state index is 0.161. The molecule has 0 bridgehead atoms. The van der Waals surface area contributed by atoms with Gasteiger partial charge in [-0.05, 0) is 109 Å². The lowest BCUT2D eigenvalue weighted by atomic mass is 9.46. The van der Waals surface area contributed by atoms with Crippen molar-refractivity contribution in [2.75, 3.05) is 0 Å². The summed E-state index contributed by atoms with van der Waals surface area (Å²) in [7, 11) is -1.91. The van der Waals surface area contributed by atoms with Gasteiger partial charge in [-0.1, -0.05) is 86.3 Å². The normalized spacial score (nSPS) is 41.9. The maximum absolute atomic E-state index is 10.6. The van der Waals surface area contributed by atoms with E-state index < -0.39 is 8.32 Å². The predicted octanol–water partition coefficient (Wildman–Crippen LogP) is 9.39. The number of fused-ring (bicyclic) bond motifs is 5. The molecule has 2 nitrogen and oxygen atoms in total. The maximum Gasteiger partial charge on any atom is 0.192 e. The van der Waals surface area contributed by atoms with Gasteiger partial charge < -0.3 is 9.53 Å². The first-order valence-corrected chi connectivity index (χ1v) is 18.6. The Morgan fingerprint density at radius 2 is 1.69 bits per heavy atom. The fourth-order valence-corrected chi connectivity index (χ4v) is 10.5. The van der Waals surface area contributed by atoms with Crippen LogP contribution >= 0.6 is 0 Å². The first-order chi connectivity index (χ1) is 16.6. The number of aliphatic hydroxyl groups excluding tert-OH is 1. The van der Waals surface area contributed by atoms with E-state index in [1.54, 1.807) is 0 Å². The van der Waals surface area contributed by atoms with Crippen LogP contribution in [0.4, 0.5) is 0 Å². The Labute approximate surface area is 225 Å². The molecule has 0 aromatic rings. The quantitative estimate of drug-likeness (QED) is 0.270. The van der Waals surface area contributed by atoms with Crippen LogP contribution in [0.25, 0.3) is 0 Å². The van der Waals surface area contributed by atoms with Crippen molar-refractivity contribution in [1.82, 2.24) is 0 Å². The monoisotopic (exact) mass is 516 g/mol. The molecule has 3 saturated carbocycles. The highest BCUT2D eigenvalue weighted by Crippen LogP contribution is 2.68. The van der Waals surface area contributed by atoms with Gasteiger partial charge in [-0.15, -0.1) is 0 Å². The number of hydrogen-bond donors (Lipinski definition) is 1. The third-order valence-corrected chi connectivity index (χ3v) is 17.0. The van der Waals surface area contributed by atoms with Crippen molar-refractivity contribution in [3.05, 3.63) is 11.6 Å². The molecule has 3 fully saturated rings. The van der Waals surface area contributed by atoms with E-state index >= 15 is 0 Å². The van der Waals surface area contributed by atoms with Gasteiger partial charge in [-0.2, -0.15) is 0 Å². The van der Waals surface area contributed by atoms with Crippen molar-refractivity contribution in [3.8, 4) is 0 Å². The van der Waals surface area contributed by atoms with Gasteiger partial charge in [0.05, 0.1) is 12.2 Å². The zero-order valence-electron chi connectivity index (χ0n) is 25.6. The molecule has 0 heterocycles. The van der Waals surface area contributed by atoms with Crippen molar-refractivity contribution in [3.63, 3.8) is 0 Å². The third kappa shape index (κ3) is 5.08. The standard InChI is InChI=1S/C33H60O2Si/c1-22(2)12-11-13-23(3)26-14-15-27-30-28(17-19-33(26,27)8)32(7)18-16-25(34)20-24(32)21-29(30)35-36(9,10)31(4,5)6/h21-23,25-30,34H,11-20H2,1-10H3/t23-,25+,26-,27+,28+,29-,30+,32+,33-/m1/s1. The summed E-state index contributed by atoms with van der Waals surface area (Å²) in [6.07, 6.45) is 15.4. The van der Waals surface area contributed by atoms with Crippen LogP contribution in [0.1, 0.15) is 120 Å². The summed E-state index contributed by atoms with van der Waals surface area (Å²) >= 11 is 0. The highest BCUT2D eigenvalue weighted by molar-refractivity contribution is 6.74. The Morgan fingerprint density at radius 1 is 1.00 bits per heavy atom. The van der Waals surface area contributed by atoms with E-state index in [-0.39, 0.29) is 22.7 Å². The molecule has 1 N–H and O–H groups in total. The second-order valence-corrected chi connectivity index (χ2v) is 20.9. The molecular weight excluding hydrogens is 456 g/mol. The van der Waals surface area contributed by atoms with Crippen LogP contribution in [0.3, 0.4) is 0 Å². The average molecular weight is 517 g/mol. The van der Waals surface area contributed by atoms with Crippen LogP contribution in [0, 0.1) is 46.3 Å². The lowest BCUT2D eigenvalue weighted by Gasteiger charge is -2.61. The Balaban J connectivity index is 1.66. The second kappa shape index (κ2) is 10.1. The largest absolute Gasteiger partial charge is 0.410 e. The molecule has 3 heteroatoms. The van der Waals surface area contributed by atoms with E-state index in [0.29, 0.717) is 17.3 Å². The smallest absolute Gasteiger partial charge is 0.192 e. The predicted molar refractivity (Wildman–Crippen MR) is 157 cm³/mol. The lowest BCUT2D eigenvalue weighted by Crippen LogP contribution is -2.57. The molecule has 0 aromatic carbocycles. The second-order valence-electron chi connectivity index (χ2n) is 16.2. The Bertz CT molecular complexity index is 809. The van der Waals surface area contributed by atoms with Gasteiger partial charge in [-0.25, -0.2) is 0 Å². The van der Waals surface area contributed by atoms with E-state index in [9.17, 15) is 5.11 Å². The van der Waals surface area contributed by atoms with Crippen LogP contribution < -0.4 is 0 Å².